The van der Waals surface area contributed by atoms with Crippen LogP contribution in [0.5, 0.6) is 0 Å². The summed E-state index contributed by atoms with van der Waals surface area (Å²) in [6.45, 7) is 2.41. The number of amides is 2. The first-order valence-corrected chi connectivity index (χ1v) is 11.8. The number of carbonyl (C=O) groups is 3. The van der Waals surface area contributed by atoms with E-state index in [2.05, 4.69) is 4.98 Å². The molecule has 2 amide bonds. The molecule has 0 radical (unpaired) electrons. The summed E-state index contributed by atoms with van der Waals surface area (Å²) in [5.74, 6) is -0.798. The van der Waals surface area contributed by atoms with Crippen LogP contribution in [0.25, 0.3) is 10.6 Å². The number of hydrogen-bond acceptors (Lipinski definition) is 7. The van der Waals surface area contributed by atoms with Crippen molar-refractivity contribution in [2.75, 3.05) is 37.6 Å². The van der Waals surface area contributed by atoms with E-state index in [1.54, 1.807) is 11.3 Å². The van der Waals surface area contributed by atoms with Gasteiger partial charge in [-0.15, -0.1) is 11.3 Å². The molecule has 5 rings (SSSR count). The molecular weight excluding hydrogens is 454 g/mol. The van der Waals surface area contributed by atoms with Crippen molar-refractivity contribution >= 4 is 34.9 Å². The molecule has 34 heavy (non-hydrogen) atoms. The molecule has 0 spiro atoms. The molecule has 1 fully saturated rings. The third kappa shape index (κ3) is 4.55. The summed E-state index contributed by atoms with van der Waals surface area (Å²) in [5.41, 5.74) is 2.23. The number of fused-ring (bicyclic) bond motifs is 1. The first kappa shape index (κ1) is 22.2. The number of nitrogens with zero attached hydrogens (tertiary/aromatic N) is 5. The van der Waals surface area contributed by atoms with Crippen LogP contribution in [-0.2, 0) is 22.6 Å². The number of carboxylic acid groups (broad SMARTS) is 1. The van der Waals surface area contributed by atoms with Crippen LogP contribution in [0.3, 0.4) is 0 Å². The molecule has 9 nitrogen and oxygen atoms in total. The zero-order chi connectivity index (χ0) is 23.7. The monoisotopic (exact) mass is 477 g/mol. The van der Waals surface area contributed by atoms with E-state index in [9.17, 15) is 14.4 Å². The Balaban J connectivity index is 1.18. The van der Waals surface area contributed by atoms with Gasteiger partial charge in [0, 0.05) is 42.7 Å². The van der Waals surface area contributed by atoms with Gasteiger partial charge in [-0.25, -0.2) is 14.8 Å². The van der Waals surface area contributed by atoms with E-state index in [0.717, 1.165) is 27.6 Å². The lowest BCUT2D eigenvalue weighted by atomic mass is 10.1. The van der Waals surface area contributed by atoms with Crippen molar-refractivity contribution in [3.63, 3.8) is 0 Å². The summed E-state index contributed by atoms with van der Waals surface area (Å²) in [4.78, 5) is 51.9. The molecule has 4 heterocycles. The van der Waals surface area contributed by atoms with Crippen molar-refractivity contribution in [3.8, 4) is 10.6 Å². The molecule has 1 N–H and O–H groups in total. The van der Waals surface area contributed by atoms with E-state index in [1.165, 1.54) is 23.2 Å². The Morgan fingerprint density at radius 1 is 1.03 bits per heavy atom. The number of hydrogen-bond donors (Lipinski definition) is 1. The highest BCUT2D eigenvalue weighted by Gasteiger charge is 2.30. The third-order valence-corrected chi connectivity index (χ3v) is 7.17. The fourth-order valence-electron chi connectivity index (χ4n) is 4.18. The maximum atomic E-state index is 13.0. The Bertz CT molecular complexity index is 1230. The van der Waals surface area contributed by atoms with Crippen molar-refractivity contribution in [1.82, 2.24) is 19.8 Å². The number of thiazole rings is 1. The molecule has 2 aromatic heterocycles. The lowest BCUT2D eigenvalue weighted by Gasteiger charge is -2.35. The minimum atomic E-state index is -1.06. The first-order chi connectivity index (χ1) is 16.5. The Labute approximate surface area is 200 Å². The smallest absolute Gasteiger partial charge is 0.337 e. The van der Waals surface area contributed by atoms with Crippen molar-refractivity contribution in [1.29, 1.82) is 0 Å². The Kier molecular flexibility index (Phi) is 6.08. The lowest BCUT2D eigenvalue weighted by molar-refractivity contribution is -0.134. The molecule has 1 aromatic carbocycles. The predicted octanol–water partition coefficient (Wildman–Crippen LogP) is 2.14. The first-order valence-electron chi connectivity index (χ1n) is 11.0. The van der Waals surface area contributed by atoms with E-state index in [0.29, 0.717) is 32.0 Å². The van der Waals surface area contributed by atoms with Crippen LogP contribution < -0.4 is 4.90 Å². The van der Waals surface area contributed by atoms with Gasteiger partial charge in [-0.2, -0.15) is 0 Å². The fourth-order valence-corrected chi connectivity index (χ4v) is 5.30. The van der Waals surface area contributed by atoms with Gasteiger partial charge in [0.25, 0.3) is 0 Å². The Morgan fingerprint density at radius 2 is 1.85 bits per heavy atom. The van der Waals surface area contributed by atoms with Gasteiger partial charge in [0.15, 0.2) is 0 Å². The summed E-state index contributed by atoms with van der Waals surface area (Å²) in [5, 5.41) is 9.98. The Morgan fingerprint density at radius 3 is 2.56 bits per heavy atom. The minimum absolute atomic E-state index is 0.00509. The maximum Gasteiger partial charge on any atom is 0.337 e. The normalized spacial score (nSPS) is 16.4. The molecule has 0 unspecified atom stereocenters. The van der Waals surface area contributed by atoms with Crippen LogP contribution in [0.15, 0.2) is 48.7 Å². The van der Waals surface area contributed by atoms with Crippen LogP contribution in [0.1, 0.15) is 20.9 Å². The van der Waals surface area contributed by atoms with E-state index >= 15 is 0 Å². The summed E-state index contributed by atoms with van der Waals surface area (Å²) >= 11 is 1.63. The third-order valence-electron chi connectivity index (χ3n) is 6.03. The SMILES string of the molecule is O=C(O)c1ccc(N2CCN(CC(=O)N3CCc4nc(-c5ccccc5)sc4C3)CC2=O)nc1. The van der Waals surface area contributed by atoms with Crippen molar-refractivity contribution < 1.29 is 19.5 Å². The molecular formula is C24H23N5O4S. The number of aromatic nitrogens is 2. The van der Waals surface area contributed by atoms with Crippen molar-refractivity contribution in [3.05, 3.63) is 64.8 Å². The second kappa shape index (κ2) is 9.32. The van der Waals surface area contributed by atoms with Gasteiger partial charge in [0.05, 0.1) is 30.9 Å². The van der Waals surface area contributed by atoms with E-state index in [4.69, 9.17) is 10.1 Å². The second-order valence-corrected chi connectivity index (χ2v) is 9.37. The van der Waals surface area contributed by atoms with Crippen LogP contribution >= 0.6 is 11.3 Å². The average Bonchev–Trinajstić information content (AvgIpc) is 3.28. The largest absolute Gasteiger partial charge is 0.478 e. The molecule has 0 bridgehead atoms. The van der Waals surface area contributed by atoms with Gasteiger partial charge in [-0.05, 0) is 12.1 Å². The number of carboxylic acids is 1. The topological polar surface area (TPSA) is 107 Å². The van der Waals surface area contributed by atoms with Gasteiger partial charge >= 0.3 is 5.97 Å². The number of piperazine rings is 1. The number of anilines is 1. The lowest BCUT2D eigenvalue weighted by Crippen LogP contribution is -2.53. The molecule has 0 saturated carbocycles. The minimum Gasteiger partial charge on any atom is -0.478 e. The summed E-state index contributed by atoms with van der Waals surface area (Å²) < 4.78 is 0. The maximum absolute atomic E-state index is 13.0. The Hall–Kier alpha value is -3.63. The summed E-state index contributed by atoms with van der Waals surface area (Å²) in [6, 6.07) is 13.0. The van der Waals surface area contributed by atoms with Gasteiger partial charge in [-0.1, -0.05) is 30.3 Å². The van der Waals surface area contributed by atoms with Crippen LogP contribution in [0.4, 0.5) is 5.82 Å². The molecule has 0 atom stereocenters. The molecule has 10 heteroatoms. The van der Waals surface area contributed by atoms with Gasteiger partial charge in [0.2, 0.25) is 11.8 Å². The van der Waals surface area contributed by atoms with Crippen LogP contribution in [0.2, 0.25) is 0 Å². The molecule has 3 aromatic rings. The van der Waals surface area contributed by atoms with E-state index in [-0.39, 0.29) is 30.5 Å². The van der Waals surface area contributed by atoms with Crippen LogP contribution in [0, 0.1) is 0 Å². The van der Waals surface area contributed by atoms with E-state index < -0.39 is 5.97 Å². The molecule has 2 aliphatic heterocycles. The highest BCUT2D eigenvalue weighted by atomic mass is 32.1. The number of rotatable bonds is 5. The average molecular weight is 478 g/mol. The highest BCUT2D eigenvalue weighted by Crippen LogP contribution is 2.31. The molecule has 2 aliphatic rings. The van der Waals surface area contributed by atoms with Crippen molar-refractivity contribution in [2.24, 2.45) is 0 Å². The highest BCUT2D eigenvalue weighted by molar-refractivity contribution is 7.15. The van der Waals surface area contributed by atoms with Gasteiger partial charge in [0.1, 0.15) is 10.8 Å². The van der Waals surface area contributed by atoms with Crippen molar-refractivity contribution in [2.45, 2.75) is 13.0 Å². The number of aromatic carboxylic acids is 1. The quantitative estimate of drug-likeness (QED) is 0.600. The molecule has 174 valence electrons. The molecule has 1 saturated heterocycles. The second-order valence-electron chi connectivity index (χ2n) is 8.29. The van der Waals surface area contributed by atoms with Gasteiger partial charge in [-0.3, -0.25) is 19.4 Å². The van der Waals surface area contributed by atoms with Gasteiger partial charge < -0.3 is 10.0 Å². The summed E-state index contributed by atoms with van der Waals surface area (Å²) in [6.07, 6.45) is 1.98. The number of pyridine rings is 1. The molecule has 0 aliphatic carbocycles. The predicted molar refractivity (Wildman–Crippen MR) is 127 cm³/mol. The summed E-state index contributed by atoms with van der Waals surface area (Å²) in [7, 11) is 0. The van der Waals surface area contributed by atoms with Crippen LogP contribution in [-0.4, -0.2) is 75.4 Å². The van der Waals surface area contributed by atoms with E-state index in [1.807, 2.05) is 40.1 Å². The standard InChI is InChI=1S/C24H23N5O4S/c30-21(28-9-8-18-19(13-28)34-23(26-18)16-4-2-1-3-5-16)14-27-10-11-29(22(31)15-27)20-7-6-17(12-25-20)24(32)33/h1-7,12H,8-11,13-15H2,(H,32,33). The number of carbonyl (C=O) groups excluding carboxylic acids is 2. The fraction of sp³-hybridized carbons (Fsp3) is 0.292. The number of benzene rings is 1. The zero-order valence-electron chi connectivity index (χ0n) is 18.4. The zero-order valence-corrected chi connectivity index (χ0v) is 19.2.